The van der Waals surface area contributed by atoms with Crippen LogP contribution >= 0.6 is 0 Å². The third kappa shape index (κ3) is 3.29. The Bertz CT molecular complexity index is 822. The third-order valence-electron chi connectivity index (χ3n) is 3.69. The molecular weight excluding hydrogens is 292 g/mol. The first kappa shape index (κ1) is 15.0. The summed E-state index contributed by atoms with van der Waals surface area (Å²) in [5, 5.41) is 3.66. The van der Waals surface area contributed by atoms with Crippen molar-refractivity contribution in [2.24, 2.45) is 7.05 Å². The van der Waals surface area contributed by atoms with Crippen LogP contribution in [0.5, 0.6) is 11.5 Å². The van der Waals surface area contributed by atoms with Gasteiger partial charge in [-0.2, -0.15) is 0 Å². The van der Waals surface area contributed by atoms with Gasteiger partial charge in [0.25, 0.3) is 0 Å². The minimum Gasteiger partial charge on any atom is -0.497 e. The minimum atomic E-state index is -0.475. The lowest BCUT2D eigenvalue weighted by molar-refractivity contribution is 0.200. The molecule has 0 aliphatic rings. The molecule has 2 aromatic carbocycles. The van der Waals surface area contributed by atoms with Gasteiger partial charge in [0, 0.05) is 25.2 Å². The van der Waals surface area contributed by atoms with Crippen LogP contribution in [-0.2, 0) is 13.6 Å². The zero-order chi connectivity index (χ0) is 16.2. The predicted octanol–water partition coefficient (Wildman–Crippen LogP) is 3.48. The van der Waals surface area contributed by atoms with E-state index in [1.165, 1.54) is 0 Å². The Labute approximate surface area is 134 Å². The first-order chi connectivity index (χ1) is 11.2. The van der Waals surface area contributed by atoms with E-state index in [1.54, 1.807) is 13.2 Å². The maximum Gasteiger partial charge on any atom is 0.412 e. The second-order valence-electron chi connectivity index (χ2n) is 5.21. The highest BCUT2D eigenvalue weighted by atomic mass is 16.6. The number of nitrogens with zero attached hydrogens (tertiary/aromatic N) is 1. The van der Waals surface area contributed by atoms with Gasteiger partial charge < -0.3 is 19.4 Å². The van der Waals surface area contributed by atoms with Crippen molar-refractivity contribution in [2.45, 2.75) is 6.54 Å². The standard InChI is InChI=1S/C18H18N2O3/c1-20-11-10-15-16(20)4-3-5-17(15)23-18(21)19-12-13-6-8-14(22-2)9-7-13/h3-11H,12H2,1-2H3,(H,19,21). The van der Waals surface area contributed by atoms with Gasteiger partial charge in [-0.05, 0) is 35.9 Å². The molecule has 23 heavy (non-hydrogen) atoms. The van der Waals surface area contributed by atoms with Crippen molar-refractivity contribution < 1.29 is 14.3 Å². The summed E-state index contributed by atoms with van der Waals surface area (Å²) in [5.74, 6) is 1.34. The van der Waals surface area contributed by atoms with Gasteiger partial charge in [-0.25, -0.2) is 4.79 Å². The molecule has 3 aromatic rings. The number of benzene rings is 2. The van der Waals surface area contributed by atoms with E-state index in [2.05, 4.69) is 5.32 Å². The van der Waals surface area contributed by atoms with Gasteiger partial charge in [0.2, 0.25) is 0 Å². The van der Waals surface area contributed by atoms with Crippen molar-refractivity contribution in [1.82, 2.24) is 9.88 Å². The number of hydrogen-bond acceptors (Lipinski definition) is 3. The van der Waals surface area contributed by atoms with Crippen molar-refractivity contribution in [1.29, 1.82) is 0 Å². The smallest absolute Gasteiger partial charge is 0.412 e. The number of hydrogen-bond donors (Lipinski definition) is 1. The Morgan fingerprint density at radius 1 is 1.13 bits per heavy atom. The highest BCUT2D eigenvalue weighted by Gasteiger charge is 2.09. The number of carbonyl (C=O) groups is 1. The zero-order valence-corrected chi connectivity index (χ0v) is 13.1. The van der Waals surface area contributed by atoms with Gasteiger partial charge >= 0.3 is 6.09 Å². The minimum absolute atomic E-state index is 0.396. The number of ether oxygens (including phenoxy) is 2. The number of methoxy groups -OCH3 is 1. The van der Waals surface area contributed by atoms with Crippen molar-refractivity contribution in [3.63, 3.8) is 0 Å². The van der Waals surface area contributed by atoms with Crippen LogP contribution in [0.15, 0.2) is 54.7 Å². The Hall–Kier alpha value is -2.95. The van der Waals surface area contributed by atoms with Crippen LogP contribution in [0.25, 0.3) is 10.9 Å². The van der Waals surface area contributed by atoms with Crippen LogP contribution in [0.4, 0.5) is 4.79 Å². The van der Waals surface area contributed by atoms with Crippen LogP contribution < -0.4 is 14.8 Å². The molecule has 0 atom stereocenters. The Kier molecular flexibility index (Phi) is 4.19. The second kappa shape index (κ2) is 6.44. The average Bonchev–Trinajstić information content (AvgIpc) is 2.96. The number of nitrogens with one attached hydrogen (secondary N) is 1. The molecule has 0 aliphatic carbocycles. The topological polar surface area (TPSA) is 52.5 Å². The van der Waals surface area contributed by atoms with Crippen molar-refractivity contribution in [3.05, 3.63) is 60.3 Å². The largest absolute Gasteiger partial charge is 0.497 e. The Morgan fingerprint density at radius 3 is 2.65 bits per heavy atom. The molecule has 5 nitrogen and oxygen atoms in total. The lowest BCUT2D eigenvalue weighted by Gasteiger charge is -2.08. The first-order valence-electron chi connectivity index (χ1n) is 7.30. The molecule has 0 bridgehead atoms. The molecular formula is C18H18N2O3. The van der Waals surface area contributed by atoms with E-state index in [0.29, 0.717) is 12.3 Å². The summed E-state index contributed by atoms with van der Waals surface area (Å²) in [6.07, 6.45) is 1.46. The molecule has 1 amide bonds. The van der Waals surface area contributed by atoms with E-state index in [9.17, 15) is 4.79 Å². The summed E-state index contributed by atoms with van der Waals surface area (Å²) in [7, 11) is 3.57. The average molecular weight is 310 g/mol. The monoisotopic (exact) mass is 310 g/mol. The second-order valence-corrected chi connectivity index (χ2v) is 5.21. The van der Waals surface area contributed by atoms with E-state index in [-0.39, 0.29) is 0 Å². The van der Waals surface area contributed by atoms with E-state index in [1.807, 2.05) is 60.3 Å². The van der Waals surface area contributed by atoms with Crippen molar-refractivity contribution >= 4 is 17.0 Å². The van der Waals surface area contributed by atoms with Crippen LogP contribution in [0, 0.1) is 0 Å². The molecule has 0 radical (unpaired) electrons. The van der Waals surface area contributed by atoms with Gasteiger partial charge in [-0.1, -0.05) is 18.2 Å². The normalized spacial score (nSPS) is 10.5. The number of aryl methyl sites for hydroxylation is 1. The Morgan fingerprint density at radius 2 is 1.91 bits per heavy atom. The summed E-state index contributed by atoms with van der Waals surface area (Å²) < 4.78 is 12.5. The number of amides is 1. The SMILES string of the molecule is COc1ccc(CNC(=O)Oc2cccc3c2ccn3C)cc1. The summed E-state index contributed by atoms with van der Waals surface area (Å²) in [4.78, 5) is 12.0. The molecule has 5 heteroatoms. The molecule has 0 spiro atoms. The van der Waals surface area contributed by atoms with Gasteiger partial charge in [0.1, 0.15) is 11.5 Å². The fourth-order valence-corrected chi connectivity index (χ4v) is 2.42. The molecule has 0 fully saturated rings. The van der Waals surface area contributed by atoms with E-state index in [0.717, 1.165) is 22.2 Å². The highest BCUT2D eigenvalue weighted by Crippen LogP contribution is 2.26. The fraction of sp³-hybridized carbons (Fsp3) is 0.167. The van der Waals surface area contributed by atoms with Crippen LogP contribution in [0.3, 0.4) is 0 Å². The quantitative estimate of drug-likeness (QED) is 0.802. The molecule has 0 saturated carbocycles. The number of aromatic nitrogens is 1. The fourth-order valence-electron chi connectivity index (χ4n) is 2.42. The lowest BCUT2D eigenvalue weighted by atomic mass is 10.2. The summed E-state index contributed by atoms with van der Waals surface area (Å²) >= 11 is 0. The summed E-state index contributed by atoms with van der Waals surface area (Å²) in [5.41, 5.74) is 1.99. The lowest BCUT2D eigenvalue weighted by Crippen LogP contribution is -2.26. The third-order valence-corrected chi connectivity index (χ3v) is 3.69. The molecule has 0 aliphatic heterocycles. The van der Waals surface area contributed by atoms with E-state index < -0.39 is 6.09 Å². The molecule has 1 N–H and O–H groups in total. The molecule has 3 rings (SSSR count). The highest BCUT2D eigenvalue weighted by molar-refractivity contribution is 5.88. The zero-order valence-electron chi connectivity index (χ0n) is 13.1. The first-order valence-corrected chi connectivity index (χ1v) is 7.30. The van der Waals surface area contributed by atoms with E-state index in [4.69, 9.17) is 9.47 Å². The number of fused-ring (bicyclic) bond motifs is 1. The van der Waals surface area contributed by atoms with E-state index >= 15 is 0 Å². The molecule has 0 saturated heterocycles. The molecule has 118 valence electrons. The molecule has 0 unspecified atom stereocenters. The Balaban J connectivity index is 1.64. The van der Waals surface area contributed by atoms with Crippen molar-refractivity contribution in [3.8, 4) is 11.5 Å². The molecule has 1 aromatic heterocycles. The summed E-state index contributed by atoms with van der Waals surface area (Å²) in [6.45, 7) is 0.396. The maximum atomic E-state index is 12.0. The van der Waals surface area contributed by atoms with Crippen molar-refractivity contribution in [2.75, 3.05) is 7.11 Å². The van der Waals surface area contributed by atoms with Gasteiger partial charge in [0.15, 0.2) is 0 Å². The van der Waals surface area contributed by atoms with Gasteiger partial charge in [0.05, 0.1) is 12.6 Å². The van der Waals surface area contributed by atoms with Crippen LogP contribution in [0.2, 0.25) is 0 Å². The number of rotatable bonds is 4. The van der Waals surface area contributed by atoms with Gasteiger partial charge in [-0.3, -0.25) is 0 Å². The number of carbonyl (C=O) groups excluding carboxylic acids is 1. The predicted molar refractivity (Wildman–Crippen MR) is 88.8 cm³/mol. The van der Waals surface area contributed by atoms with Crippen LogP contribution in [0.1, 0.15) is 5.56 Å². The molecule has 1 heterocycles. The summed E-state index contributed by atoms with van der Waals surface area (Å²) in [6, 6.07) is 15.1. The maximum absolute atomic E-state index is 12.0. The van der Waals surface area contributed by atoms with Crippen LogP contribution in [-0.4, -0.2) is 17.8 Å². The van der Waals surface area contributed by atoms with Gasteiger partial charge in [-0.15, -0.1) is 0 Å².